The first kappa shape index (κ1) is 21.8. The van der Waals surface area contributed by atoms with Gasteiger partial charge in [-0.05, 0) is 48.4 Å². The fraction of sp³-hybridized carbons (Fsp3) is 0.375. The predicted molar refractivity (Wildman–Crippen MR) is 125 cm³/mol. The van der Waals surface area contributed by atoms with E-state index >= 15 is 0 Å². The summed E-state index contributed by atoms with van der Waals surface area (Å²) in [6, 6.07) is 12.2. The summed E-state index contributed by atoms with van der Waals surface area (Å²) in [6.07, 6.45) is 5.92. The van der Waals surface area contributed by atoms with Crippen molar-refractivity contribution in [1.29, 1.82) is 0 Å². The summed E-state index contributed by atoms with van der Waals surface area (Å²) in [5, 5.41) is 6.44. The summed E-state index contributed by atoms with van der Waals surface area (Å²) in [7, 11) is 0. The number of nitrogen functional groups attached to an aromatic ring is 1. The van der Waals surface area contributed by atoms with Crippen LogP contribution < -0.4 is 16.4 Å². The Bertz CT molecular complexity index is 1010. The second-order valence-electron chi connectivity index (χ2n) is 8.27. The van der Waals surface area contributed by atoms with Gasteiger partial charge in [-0.15, -0.1) is 0 Å². The number of nitrogens with two attached hydrogens (primary N) is 1. The van der Waals surface area contributed by atoms with E-state index in [4.69, 9.17) is 10.5 Å². The minimum absolute atomic E-state index is 0.0338. The first-order valence-electron chi connectivity index (χ1n) is 11.0. The maximum absolute atomic E-state index is 12.4. The number of nitrogens with one attached hydrogen (secondary N) is 3. The summed E-state index contributed by atoms with van der Waals surface area (Å²) >= 11 is 0. The number of nitrogens with zero attached hydrogens (tertiary/aromatic N) is 2. The van der Waals surface area contributed by atoms with Gasteiger partial charge in [-0.1, -0.05) is 30.3 Å². The zero-order valence-corrected chi connectivity index (χ0v) is 18.3. The van der Waals surface area contributed by atoms with Gasteiger partial charge in [-0.2, -0.15) is 0 Å². The van der Waals surface area contributed by atoms with Crippen LogP contribution in [0.15, 0.2) is 48.8 Å². The highest BCUT2D eigenvalue weighted by Gasteiger charge is 2.20. The third kappa shape index (κ3) is 5.85. The summed E-state index contributed by atoms with van der Waals surface area (Å²) in [5.41, 5.74) is 9.40. The maximum Gasteiger partial charge on any atom is 0.224 e. The van der Waals surface area contributed by atoms with Crippen LogP contribution in [0.2, 0.25) is 0 Å². The fourth-order valence-corrected chi connectivity index (χ4v) is 3.92. The monoisotopic (exact) mass is 434 g/mol. The van der Waals surface area contributed by atoms with Crippen LogP contribution in [-0.2, 0) is 22.5 Å². The standard InChI is InChI=1S/C24H30N6O2/c1-16(19-8-10-32-11-9-19)29-22-7-4-18(14-26-22)12-23(31)27-13-17-2-5-20(6-3-17)21-15-28-24(25)30-21/h2-7,14-16,19H,8-13H2,1H3,(H,26,29)(H,27,31)(H3,25,28,30). The largest absolute Gasteiger partial charge is 0.381 e. The highest BCUT2D eigenvalue weighted by atomic mass is 16.5. The number of rotatable bonds is 8. The van der Waals surface area contributed by atoms with Crippen molar-refractivity contribution in [2.45, 2.75) is 38.8 Å². The van der Waals surface area contributed by atoms with Crippen LogP contribution in [0.5, 0.6) is 0 Å². The van der Waals surface area contributed by atoms with Gasteiger partial charge in [-0.25, -0.2) is 9.97 Å². The number of carbonyl (C=O) groups excluding carboxylic acids is 1. The molecule has 1 saturated heterocycles. The second kappa shape index (κ2) is 10.3. The van der Waals surface area contributed by atoms with Crippen molar-refractivity contribution in [3.8, 4) is 11.3 Å². The van der Waals surface area contributed by atoms with Gasteiger partial charge in [0.05, 0.1) is 18.3 Å². The molecular weight excluding hydrogens is 404 g/mol. The molecule has 1 fully saturated rings. The highest BCUT2D eigenvalue weighted by Crippen LogP contribution is 2.21. The Morgan fingerprint density at radius 1 is 1.12 bits per heavy atom. The van der Waals surface area contributed by atoms with Crippen molar-refractivity contribution in [2.75, 3.05) is 24.3 Å². The average Bonchev–Trinajstić information content (AvgIpc) is 3.26. The quantitative estimate of drug-likeness (QED) is 0.433. The number of aromatic nitrogens is 3. The Labute approximate surface area is 188 Å². The molecule has 0 aliphatic carbocycles. The van der Waals surface area contributed by atoms with Gasteiger partial charge in [0.25, 0.3) is 0 Å². The Morgan fingerprint density at radius 3 is 2.53 bits per heavy atom. The molecule has 1 aliphatic rings. The molecule has 1 unspecified atom stereocenters. The van der Waals surface area contributed by atoms with Crippen LogP contribution in [0.3, 0.4) is 0 Å². The second-order valence-corrected chi connectivity index (χ2v) is 8.27. The molecular formula is C24H30N6O2. The molecule has 1 aromatic carbocycles. The van der Waals surface area contributed by atoms with E-state index in [1.54, 1.807) is 12.4 Å². The van der Waals surface area contributed by atoms with E-state index in [9.17, 15) is 4.79 Å². The number of hydrogen-bond donors (Lipinski definition) is 4. The molecule has 4 rings (SSSR count). The van der Waals surface area contributed by atoms with Gasteiger partial charge in [0, 0.05) is 32.0 Å². The van der Waals surface area contributed by atoms with E-state index in [2.05, 4.69) is 32.5 Å². The van der Waals surface area contributed by atoms with E-state index in [1.807, 2.05) is 36.4 Å². The number of H-pyrrole nitrogens is 1. The first-order chi connectivity index (χ1) is 15.6. The molecule has 0 saturated carbocycles. The highest BCUT2D eigenvalue weighted by molar-refractivity contribution is 5.78. The number of hydrogen-bond acceptors (Lipinski definition) is 6. The summed E-state index contributed by atoms with van der Waals surface area (Å²) < 4.78 is 5.44. The van der Waals surface area contributed by atoms with Gasteiger partial charge in [0.2, 0.25) is 5.91 Å². The van der Waals surface area contributed by atoms with Crippen LogP contribution in [0.4, 0.5) is 11.8 Å². The van der Waals surface area contributed by atoms with Gasteiger partial charge >= 0.3 is 0 Å². The van der Waals surface area contributed by atoms with E-state index in [-0.39, 0.29) is 5.91 Å². The molecule has 168 valence electrons. The third-order valence-electron chi connectivity index (χ3n) is 5.89. The molecule has 3 aromatic rings. The molecule has 0 bridgehead atoms. The number of benzene rings is 1. The molecule has 8 nitrogen and oxygen atoms in total. The Hall–Kier alpha value is -3.39. The topological polar surface area (TPSA) is 118 Å². The lowest BCUT2D eigenvalue weighted by Crippen LogP contribution is -2.31. The summed E-state index contributed by atoms with van der Waals surface area (Å²) in [6.45, 7) is 4.33. The summed E-state index contributed by atoms with van der Waals surface area (Å²) in [4.78, 5) is 23.8. The van der Waals surface area contributed by atoms with Gasteiger partial charge in [0.15, 0.2) is 5.95 Å². The molecule has 0 radical (unpaired) electrons. The lowest BCUT2D eigenvalue weighted by molar-refractivity contribution is -0.120. The number of ether oxygens (including phenoxy) is 1. The van der Waals surface area contributed by atoms with Crippen molar-refractivity contribution in [3.63, 3.8) is 0 Å². The third-order valence-corrected chi connectivity index (χ3v) is 5.89. The predicted octanol–water partition coefficient (Wildman–Crippen LogP) is 3.14. The van der Waals surface area contributed by atoms with Crippen LogP contribution in [0.25, 0.3) is 11.3 Å². The SMILES string of the molecule is CC(Nc1ccc(CC(=O)NCc2ccc(-c3cnc(N)[nH]3)cc2)cn1)C1CCOCC1. The Kier molecular flexibility index (Phi) is 7.01. The van der Waals surface area contributed by atoms with E-state index in [0.717, 1.165) is 54.3 Å². The molecule has 1 atom stereocenters. The normalized spacial score (nSPS) is 15.3. The number of aromatic amines is 1. The lowest BCUT2D eigenvalue weighted by atomic mass is 9.93. The zero-order chi connectivity index (χ0) is 22.3. The minimum Gasteiger partial charge on any atom is -0.381 e. The Balaban J connectivity index is 1.23. The zero-order valence-electron chi connectivity index (χ0n) is 18.3. The summed E-state index contributed by atoms with van der Waals surface area (Å²) in [5.74, 6) is 1.80. The van der Waals surface area contributed by atoms with Crippen LogP contribution in [0.1, 0.15) is 30.9 Å². The van der Waals surface area contributed by atoms with Crippen molar-refractivity contribution in [3.05, 3.63) is 59.9 Å². The molecule has 1 amide bonds. The Morgan fingerprint density at radius 2 is 1.88 bits per heavy atom. The van der Waals surface area contributed by atoms with Gasteiger partial charge < -0.3 is 26.1 Å². The smallest absolute Gasteiger partial charge is 0.224 e. The minimum atomic E-state index is -0.0338. The average molecular weight is 435 g/mol. The van der Waals surface area contributed by atoms with Crippen molar-refractivity contribution in [2.24, 2.45) is 5.92 Å². The maximum atomic E-state index is 12.4. The number of anilines is 2. The number of amides is 1. The van der Waals surface area contributed by atoms with Crippen LogP contribution in [-0.4, -0.2) is 40.1 Å². The van der Waals surface area contributed by atoms with Crippen molar-refractivity contribution < 1.29 is 9.53 Å². The van der Waals surface area contributed by atoms with E-state index in [0.29, 0.717) is 30.9 Å². The van der Waals surface area contributed by atoms with Crippen LogP contribution >= 0.6 is 0 Å². The molecule has 0 spiro atoms. The molecule has 2 aromatic heterocycles. The van der Waals surface area contributed by atoms with Crippen molar-refractivity contribution >= 4 is 17.7 Å². The number of pyridine rings is 1. The lowest BCUT2D eigenvalue weighted by Gasteiger charge is -2.28. The molecule has 3 heterocycles. The van der Waals surface area contributed by atoms with E-state index < -0.39 is 0 Å². The van der Waals surface area contributed by atoms with E-state index in [1.165, 1.54) is 0 Å². The fourth-order valence-electron chi connectivity index (χ4n) is 3.92. The molecule has 1 aliphatic heterocycles. The van der Waals surface area contributed by atoms with Gasteiger partial charge in [0.1, 0.15) is 5.82 Å². The first-order valence-corrected chi connectivity index (χ1v) is 11.0. The molecule has 5 N–H and O–H groups in total. The number of imidazole rings is 1. The van der Waals surface area contributed by atoms with Crippen LogP contribution in [0, 0.1) is 5.92 Å². The van der Waals surface area contributed by atoms with Gasteiger partial charge in [-0.3, -0.25) is 4.79 Å². The molecule has 8 heteroatoms. The number of carbonyl (C=O) groups is 1. The van der Waals surface area contributed by atoms with Crippen molar-refractivity contribution in [1.82, 2.24) is 20.3 Å². The molecule has 32 heavy (non-hydrogen) atoms.